The molecule has 0 saturated carbocycles. The largest absolute Gasteiger partial charge is 0.417 e. The van der Waals surface area contributed by atoms with E-state index in [0.29, 0.717) is 38.5 Å². The monoisotopic (exact) mass is 392 g/mol. The second kappa shape index (κ2) is 8.00. The van der Waals surface area contributed by atoms with E-state index >= 15 is 0 Å². The number of rotatable bonds is 5. The predicted molar refractivity (Wildman–Crippen MR) is 95.4 cm³/mol. The van der Waals surface area contributed by atoms with Crippen LogP contribution in [0.25, 0.3) is 0 Å². The number of nitrogens with zero attached hydrogens (tertiary/aromatic N) is 3. The minimum Gasteiger partial charge on any atom is -0.353 e. The summed E-state index contributed by atoms with van der Waals surface area (Å²) in [6.07, 6.45) is -2.83. The molecule has 1 aliphatic rings. The van der Waals surface area contributed by atoms with Crippen molar-refractivity contribution < 1.29 is 18.0 Å². The van der Waals surface area contributed by atoms with Crippen LogP contribution in [-0.4, -0.2) is 54.1 Å². The zero-order valence-corrected chi connectivity index (χ0v) is 15.9. The Morgan fingerprint density at radius 3 is 2.38 bits per heavy atom. The number of hydrogen-bond donors (Lipinski definition) is 1. The molecule has 0 aliphatic carbocycles. The second-order valence-electron chi connectivity index (χ2n) is 7.08. The summed E-state index contributed by atoms with van der Waals surface area (Å²) in [6.45, 7) is 8.57. The third kappa shape index (κ3) is 5.48. The molecule has 0 spiro atoms. The Morgan fingerprint density at radius 1 is 1.27 bits per heavy atom. The molecule has 0 atom stereocenters. The Morgan fingerprint density at radius 2 is 1.88 bits per heavy atom. The van der Waals surface area contributed by atoms with Crippen LogP contribution in [0.3, 0.4) is 0 Å². The molecule has 0 radical (unpaired) electrons. The highest BCUT2D eigenvalue weighted by Gasteiger charge is 2.32. The number of anilines is 1. The summed E-state index contributed by atoms with van der Waals surface area (Å²) in [7, 11) is 0. The molecular formula is C17H24ClF3N4O. The lowest BCUT2D eigenvalue weighted by Crippen LogP contribution is -2.52. The Balaban J connectivity index is 1.91. The minimum atomic E-state index is -4.46. The van der Waals surface area contributed by atoms with Gasteiger partial charge in [-0.2, -0.15) is 13.2 Å². The van der Waals surface area contributed by atoms with Gasteiger partial charge in [0.05, 0.1) is 17.1 Å². The molecular weight excluding hydrogens is 369 g/mol. The lowest BCUT2D eigenvalue weighted by atomic mass is 10.0. The van der Waals surface area contributed by atoms with E-state index in [1.807, 2.05) is 30.6 Å². The fourth-order valence-corrected chi connectivity index (χ4v) is 2.93. The van der Waals surface area contributed by atoms with Gasteiger partial charge in [-0.25, -0.2) is 4.98 Å². The maximum absolute atomic E-state index is 12.7. The highest BCUT2D eigenvalue weighted by molar-refractivity contribution is 6.33. The summed E-state index contributed by atoms with van der Waals surface area (Å²) in [6, 6.07) is 0.899. The Kier molecular flexibility index (Phi) is 6.39. The highest BCUT2D eigenvalue weighted by atomic mass is 35.5. The van der Waals surface area contributed by atoms with Crippen molar-refractivity contribution in [3.63, 3.8) is 0 Å². The molecule has 2 rings (SSSR count). The van der Waals surface area contributed by atoms with Crippen LogP contribution in [0.2, 0.25) is 5.02 Å². The van der Waals surface area contributed by atoms with Gasteiger partial charge in [-0.15, -0.1) is 0 Å². The number of pyridine rings is 1. The maximum atomic E-state index is 12.7. The van der Waals surface area contributed by atoms with Crippen molar-refractivity contribution in [1.29, 1.82) is 0 Å². The molecule has 5 nitrogen and oxygen atoms in total. The third-order valence-corrected chi connectivity index (χ3v) is 4.83. The first-order valence-electron chi connectivity index (χ1n) is 8.53. The first-order valence-corrected chi connectivity index (χ1v) is 8.90. The first kappa shape index (κ1) is 20.8. The van der Waals surface area contributed by atoms with Crippen molar-refractivity contribution >= 4 is 23.3 Å². The average molecular weight is 393 g/mol. The second-order valence-corrected chi connectivity index (χ2v) is 7.48. The van der Waals surface area contributed by atoms with E-state index < -0.39 is 11.7 Å². The molecule has 1 saturated heterocycles. The summed E-state index contributed by atoms with van der Waals surface area (Å²) in [5.74, 6) is 0.312. The number of alkyl halides is 3. The van der Waals surface area contributed by atoms with Crippen LogP contribution in [-0.2, 0) is 11.0 Å². The van der Waals surface area contributed by atoms with E-state index in [9.17, 15) is 18.0 Å². The van der Waals surface area contributed by atoms with E-state index in [-0.39, 0.29) is 16.5 Å². The Hall–Kier alpha value is -1.54. The number of carbonyl (C=O) groups is 1. The van der Waals surface area contributed by atoms with Gasteiger partial charge >= 0.3 is 6.18 Å². The Labute approximate surface area is 156 Å². The molecule has 1 aliphatic heterocycles. The minimum absolute atomic E-state index is 0.0179. The fraction of sp³-hybridized carbons (Fsp3) is 0.647. The van der Waals surface area contributed by atoms with E-state index in [2.05, 4.69) is 10.3 Å². The number of carbonyl (C=O) groups excluding carboxylic acids is 1. The smallest absolute Gasteiger partial charge is 0.353 e. The van der Waals surface area contributed by atoms with Crippen LogP contribution in [0.1, 0.15) is 32.8 Å². The molecule has 1 fully saturated rings. The van der Waals surface area contributed by atoms with Crippen molar-refractivity contribution in [1.82, 2.24) is 15.2 Å². The molecule has 1 aromatic heterocycles. The molecule has 0 bridgehead atoms. The fourth-order valence-electron chi connectivity index (χ4n) is 2.64. The summed E-state index contributed by atoms with van der Waals surface area (Å²) < 4.78 is 38.1. The predicted octanol–water partition coefficient (Wildman–Crippen LogP) is 3.18. The standard InChI is InChI=1S/C17H24ClF3N4O/c1-4-16(2,3)23-14(26)11-24-5-7-25(8-6-24)15-13(18)9-12(10-22-15)17(19,20)21/h9-10H,4-8,11H2,1-3H3,(H,23,26). The van der Waals surface area contributed by atoms with Crippen LogP contribution >= 0.6 is 11.6 Å². The summed E-state index contributed by atoms with van der Waals surface area (Å²) in [4.78, 5) is 19.9. The van der Waals surface area contributed by atoms with Crippen LogP contribution in [0.5, 0.6) is 0 Å². The van der Waals surface area contributed by atoms with E-state index in [1.165, 1.54) is 0 Å². The SMILES string of the molecule is CCC(C)(C)NC(=O)CN1CCN(c2ncc(C(F)(F)F)cc2Cl)CC1. The van der Waals surface area contributed by atoms with Gasteiger partial charge in [-0.3, -0.25) is 9.69 Å². The molecule has 26 heavy (non-hydrogen) atoms. The molecule has 0 aromatic carbocycles. The summed E-state index contributed by atoms with van der Waals surface area (Å²) in [5, 5.41) is 2.97. The number of halogens is 4. The summed E-state index contributed by atoms with van der Waals surface area (Å²) in [5.41, 5.74) is -1.10. The van der Waals surface area contributed by atoms with Crippen LogP contribution < -0.4 is 10.2 Å². The first-order chi connectivity index (χ1) is 12.0. The third-order valence-electron chi connectivity index (χ3n) is 4.55. The Bertz CT molecular complexity index is 643. The number of nitrogens with one attached hydrogen (secondary N) is 1. The number of piperazine rings is 1. The topological polar surface area (TPSA) is 48.5 Å². The van der Waals surface area contributed by atoms with Gasteiger partial charge in [0.15, 0.2) is 0 Å². The molecule has 1 aromatic rings. The van der Waals surface area contributed by atoms with Gasteiger partial charge < -0.3 is 10.2 Å². The zero-order valence-electron chi connectivity index (χ0n) is 15.2. The molecule has 1 N–H and O–H groups in total. The maximum Gasteiger partial charge on any atom is 0.417 e. The van der Waals surface area contributed by atoms with E-state index in [4.69, 9.17) is 11.6 Å². The quantitative estimate of drug-likeness (QED) is 0.836. The molecule has 146 valence electrons. The van der Waals surface area contributed by atoms with Gasteiger partial charge in [0.2, 0.25) is 5.91 Å². The number of hydrogen-bond acceptors (Lipinski definition) is 4. The van der Waals surface area contributed by atoms with Gasteiger partial charge in [0.1, 0.15) is 5.82 Å². The van der Waals surface area contributed by atoms with Crippen molar-refractivity contribution in [2.75, 3.05) is 37.6 Å². The molecule has 9 heteroatoms. The van der Waals surface area contributed by atoms with E-state index in [1.54, 1.807) is 0 Å². The van der Waals surface area contributed by atoms with Crippen LogP contribution in [0, 0.1) is 0 Å². The van der Waals surface area contributed by atoms with Crippen molar-refractivity contribution in [3.8, 4) is 0 Å². The van der Waals surface area contributed by atoms with Crippen LogP contribution in [0.4, 0.5) is 19.0 Å². The molecule has 2 heterocycles. The number of amides is 1. The van der Waals surface area contributed by atoms with Gasteiger partial charge in [-0.1, -0.05) is 18.5 Å². The normalized spacial score (nSPS) is 16.7. The molecule has 1 amide bonds. The van der Waals surface area contributed by atoms with E-state index in [0.717, 1.165) is 18.7 Å². The molecule has 0 unspecified atom stereocenters. The van der Waals surface area contributed by atoms with Gasteiger partial charge in [-0.05, 0) is 26.3 Å². The number of aromatic nitrogens is 1. The lowest BCUT2D eigenvalue weighted by Gasteiger charge is -2.36. The van der Waals surface area contributed by atoms with Crippen molar-refractivity contribution in [2.45, 2.75) is 38.9 Å². The van der Waals surface area contributed by atoms with Crippen LogP contribution in [0.15, 0.2) is 12.3 Å². The lowest BCUT2D eigenvalue weighted by molar-refractivity contribution is -0.137. The van der Waals surface area contributed by atoms with Crippen molar-refractivity contribution in [3.05, 3.63) is 22.8 Å². The zero-order chi connectivity index (χ0) is 19.5. The summed E-state index contributed by atoms with van der Waals surface area (Å²) >= 11 is 6.00. The van der Waals surface area contributed by atoms with Gasteiger partial charge in [0, 0.05) is 37.9 Å². The average Bonchev–Trinajstić information content (AvgIpc) is 2.54. The van der Waals surface area contributed by atoms with Crippen molar-refractivity contribution in [2.24, 2.45) is 0 Å². The highest BCUT2D eigenvalue weighted by Crippen LogP contribution is 2.33. The van der Waals surface area contributed by atoms with Gasteiger partial charge in [0.25, 0.3) is 0 Å².